The van der Waals surface area contributed by atoms with Gasteiger partial charge in [0.1, 0.15) is 0 Å². The van der Waals surface area contributed by atoms with Crippen LogP contribution in [0.4, 0.5) is 0 Å². The van der Waals surface area contributed by atoms with Crippen LogP contribution in [0.3, 0.4) is 0 Å². The molecule has 0 atom stereocenters. The molecule has 0 bridgehead atoms. The Kier molecular flexibility index (Phi) is 10.4. The van der Waals surface area contributed by atoms with Gasteiger partial charge in [-0.15, -0.1) is 69.1 Å². The van der Waals surface area contributed by atoms with Gasteiger partial charge in [-0.25, -0.2) is 0 Å². The van der Waals surface area contributed by atoms with Crippen molar-refractivity contribution in [2.45, 2.75) is 26.9 Å². The van der Waals surface area contributed by atoms with Gasteiger partial charge in [0.2, 0.25) is 0 Å². The van der Waals surface area contributed by atoms with Crippen LogP contribution in [0.15, 0.2) is 146 Å². The number of aryl methyl sites for hydroxylation is 2. The summed E-state index contributed by atoms with van der Waals surface area (Å²) < 4.78 is 0. The Bertz CT molecular complexity index is 2170. The molecule has 0 aliphatic carbocycles. The zero-order valence-corrected chi connectivity index (χ0v) is 31.6. The van der Waals surface area contributed by atoms with E-state index in [0.717, 1.165) is 0 Å². The average Bonchev–Trinajstić information content (AvgIpc) is 3.65. The number of rotatable bonds is 2. The molecule has 0 spiro atoms. The molecular formula is C42H36Cl2SiZr-2. The molecule has 0 fully saturated rings. The minimum Gasteiger partial charge on any atom is -0.165 e. The van der Waals surface area contributed by atoms with E-state index in [4.69, 9.17) is 17.0 Å². The Labute approximate surface area is 287 Å². The molecule has 4 heteroatoms. The summed E-state index contributed by atoms with van der Waals surface area (Å²) in [6.07, 6.45) is 0. The maximum atomic E-state index is 5.62. The summed E-state index contributed by atoms with van der Waals surface area (Å²) in [5.41, 5.74) is 7.65. The van der Waals surface area contributed by atoms with Crippen molar-refractivity contribution < 1.29 is 18.0 Å². The monoisotopic (exact) mass is 728 g/mol. The van der Waals surface area contributed by atoms with Crippen molar-refractivity contribution in [3.05, 3.63) is 157 Å². The fourth-order valence-corrected chi connectivity index (χ4v) is 5.99. The molecule has 228 valence electrons. The van der Waals surface area contributed by atoms with E-state index in [2.05, 4.69) is 173 Å². The maximum absolute atomic E-state index is 5.62. The van der Waals surface area contributed by atoms with Crippen LogP contribution in [0, 0.1) is 13.8 Å². The molecule has 46 heavy (non-hydrogen) atoms. The van der Waals surface area contributed by atoms with Crippen molar-refractivity contribution in [2.24, 2.45) is 0 Å². The number of halogens is 2. The molecule has 0 saturated heterocycles. The van der Waals surface area contributed by atoms with Gasteiger partial charge in [-0.2, -0.15) is 12.1 Å². The van der Waals surface area contributed by atoms with Crippen molar-refractivity contribution >= 4 is 65.5 Å². The van der Waals surface area contributed by atoms with Gasteiger partial charge in [-0.1, -0.05) is 110 Å². The zero-order chi connectivity index (χ0) is 32.2. The van der Waals surface area contributed by atoms with Gasteiger partial charge < -0.3 is 0 Å². The zero-order valence-electron chi connectivity index (χ0n) is 26.6. The van der Waals surface area contributed by atoms with Crippen LogP contribution in [0.2, 0.25) is 13.1 Å². The molecule has 0 saturated carbocycles. The SMILES string of the molecule is C[Si](C)=[Zr]([Cl])[Cl].Cc1cc2c(-c3ccc4ccccc4c3)cccc2[cH-]1.Cc1cc2c(-c3ccc4ccccc4c3)cccc2[cH-]1. The molecule has 0 aliphatic rings. The Morgan fingerprint density at radius 3 is 1.26 bits per heavy atom. The summed E-state index contributed by atoms with van der Waals surface area (Å²) in [7, 11) is 11.2. The van der Waals surface area contributed by atoms with Crippen molar-refractivity contribution in [3.63, 3.8) is 0 Å². The maximum Gasteiger partial charge on any atom is -0.0178 e. The molecule has 0 heterocycles. The summed E-state index contributed by atoms with van der Waals surface area (Å²) in [5, 5.41) is 10.5. The van der Waals surface area contributed by atoms with E-state index in [9.17, 15) is 0 Å². The van der Waals surface area contributed by atoms with Crippen LogP contribution in [0.5, 0.6) is 0 Å². The minimum atomic E-state index is -1.65. The van der Waals surface area contributed by atoms with Gasteiger partial charge in [0.05, 0.1) is 0 Å². The van der Waals surface area contributed by atoms with E-state index < -0.39 is 18.0 Å². The summed E-state index contributed by atoms with van der Waals surface area (Å²) >= 11 is -1.65. The van der Waals surface area contributed by atoms with Crippen LogP contribution in [0.1, 0.15) is 11.1 Å². The first-order chi connectivity index (χ1) is 22.3. The molecule has 0 nitrogen and oxygen atoms in total. The third kappa shape index (κ3) is 7.48. The van der Waals surface area contributed by atoms with Crippen molar-refractivity contribution in [3.8, 4) is 22.3 Å². The third-order valence-corrected chi connectivity index (χ3v) is 28.0. The Morgan fingerprint density at radius 2 is 0.870 bits per heavy atom. The standard InChI is InChI=1S/2C20H15.C2H6Si.2ClH.Zr/c2*1-14-11-17-7-4-8-19(20(17)12-14)18-10-9-15-5-2-3-6-16(15)13-18;1-3-2;;;/h2*2-13H,1H3;1-2H3;2*1H;/q2*-1;;;;+2/p-2. The molecule has 8 rings (SSSR count). The quantitative estimate of drug-likeness (QED) is 0.123. The normalized spacial score (nSPS) is 10.8. The van der Waals surface area contributed by atoms with E-state index in [0.29, 0.717) is 0 Å². The van der Waals surface area contributed by atoms with Gasteiger partial charge in [0.25, 0.3) is 0 Å². The summed E-state index contributed by atoms with van der Waals surface area (Å²) in [4.78, 5) is 0. The molecule has 0 unspecified atom stereocenters. The van der Waals surface area contributed by atoms with Crippen LogP contribution in [0.25, 0.3) is 65.3 Å². The van der Waals surface area contributed by atoms with E-state index in [1.54, 1.807) is 0 Å². The van der Waals surface area contributed by atoms with Gasteiger partial charge in [-0.05, 0) is 44.8 Å². The minimum absolute atomic E-state index is 0.224. The molecule has 8 aromatic carbocycles. The Balaban J connectivity index is 0.000000138. The van der Waals surface area contributed by atoms with E-state index in [-0.39, 0.29) is 5.43 Å². The predicted molar refractivity (Wildman–Crippen MR) is 204 cm³/mol. The molecule has 0 aromatic heterocycles. The summed E-state index contributed by atoms with van der Waals surface area (Å²) in [5.74, 6) is 0. The second kappa shape index (κ2) is 14.7. The first kappa shape index (κ1) is 32.7. The summed E-state index contributed by atoms with van der Waals surface area (Å²) in [6, 6.07) is 52.6. The van der Waals surface area contributed by atoms with Gasteiger partial charge >= 0.3 is 53.5 Å². The fourth-order valence-electron chi connectivity index (χ4n) is 5.99. The number of benzene rings is 6. The Hall–Kier alpha value is -3.26. The largest absolute Gasteiger partial charge is 0.165 e. The number of fused-ring (bicyclic) bond motifs is 4. The van der Waals surface area contributed by atoms with Crippen molar-refractivity contribution in [1.82, 2.24) is 0 Å². The topological polar surface area (TPSA) is 0 Å². The van der Waals surface area contributed by atoms with Crippen LogP contribution in [-0.2, 0) is 18.0 Å². The summed E-state index contributed by atoms with van der Waals surface area (Å²) in [6.45, 7) is 8.65. The second-order valence-electron chi connectivity index (χ2n) is 12.1. The first-order valence-corrected chi connectivity index (χ1v) is 28.1. The van der Waals surface area contributed by atoms with E-state index >= 15 is 0 Å². The number of hydrogen-bond acceptors (Lipinski definition) is 0. The fraction of sp³-hybridized carbons (Fsp3) is 0.0952. The van der Waals surface area contributed by atoms with E-state index in [1.165, 1.54) is 76.5 Å². The molecule has 0 radical (unpaired) electrons. The molecular weight excluding hydrogens is 695 g/mol. The van der Waals surface area contributed by atoms with E-state index in [1.807, 2.05) is 0 Å². The van der Waals surface area contributed by atoms with Crippen molar-refractivity contribution in [2.75, 3.05) is 0 Å². The Morgan fingerprint density at radius 1 is 0.478 bits per heavy atom. The van der Waals surface area contributed by atoms with Gasteiger partial charge in [0, 0.05) is 0 Å². The number of hydrogen-bond donors (Lipinski definition) is 0. The van der Waals surface area contributed by atoms with Crippen LogP contribution < -0.4 is 0 Å². The smallest absolute Gasteiger partial charge is 0.0178 e. The molecule has 0 amide bonds. The van der Waals surface area contributed by atoms with Crippen LogP contribution in [-0.4, -0.2) is 5.43 Å². The van der Waals surface area contributed by atoms with Crippen LogP contribution >= 0.6 is 17.0 Å². The van der Waals surface area contributed by atoms with Crippen molar-refractivity contribution in [1.29, 1.82) is 0 Å². The second-order valence-corrected chi connectivity index (χ2v) is 35.0. The third-order valence-electron chi connectivity index (χ3n) is 8.29. The molecule has 0 aliphatic heterocycles. The average molecular weight is 731 g/mol. The predicted octanol–water partition coefficient (Wildman–Crippen LogP) is 13.5. The molecule has 8 aromatic rings. The van der Waals surface area contributed by atoms with Gasteiger partial charge in [-0.3, -0.25) is 0 Å². The first-order valence-electron chi connectivity index (χ1n) is 15.6. The molecule has 0 N–H and O–H groups in total. The van der Waals surface area contributed by atoms with Gasteiger partial charge in [0.15, 0.2) is 0 Å².